The molecule has 0 aliphatic carbocycles. The van der Waals surface area contributed by atoms with Crippen molar-refractivity contribution in [1.29, 1.82) is 0 Å². The third kappa shape index (κ3) is 4.04. The van der Waals surface area contributed by atoms with Crippen molar-refractivity contribution in [1.82, 2.24) is 4.98 Å². The number of ether oxygens (including phenoxy) is 1. The van der Waals surface area contributed by atoms with Crippen LogP contribution in [0.25, 0.3) is 0 Å². The van der Waals surface area contributed by atoms with Crippen molar-refractivity contribution in [2.24, 2.45) is 5.92 Å². The summed E-state index contributed by atoms with van der Waals surface area (Å²) in [7, 11) is 4.04. The largest absolute Gasteiger partial charge is 0.439 e. The minimum atomic E-state index is -1.08. The summed E-state index contributed by atoms with van der Waals surface area (Å²) in [5, 5.41) is 0. The fourth-order valence-corrected chi connectivity index (χ4v) is 4.94. The topological polar surface area (TPSA) is 45.7 Å². The molecule has 0 saturated carbocycles. The fourth-order valence-electron chi connectivity index (χ4n) is 4.94. The van der Waals surface area contributed by atoms with Gasteiger partial charge in [0.25, 0.3) is 0 Å². The lowest BCUT2D eigenvalue weighted by molar-refractivity contribution is 0.0240. The normalized spacial score (nSPS) is 17.0. The summed E-state index contributed by atoms with van der Waals surface area (Å²) in [6.07, 6.45) is 2.62. The lowest BCUT2D eigenvalue weighted by Gasteiger charge is -2.33. The van der Waals surface area contributed by atoms with Crippen LogP contribution in [0.15, 0.2) is 60.8 Å². The maximum Gasteiger partial charge on any atom is 0.341 e. The first-order valence-electron chi connectivity index (χ1n) is 12.2. The number of hydrogen-bond acceptors (Lipinski definition) is 5. The molecule has 0 saturated heterocycles. The Bertz CT molecular complexity index is 1170. The Hall–Kier alpha value is -3.34. The standard InChI is InChI=1S/C29H35N3O2/c1-7-32(8-2)24-15-16-26(21(19-24)18-20(3)4)29(22-11-13-23(14-12-22)31(5)6)27-25(28(33)34-29)10-9-17-30-27/h9-17,19-20H,7-8,18H2,1-6H3. The van der Waals surface area contributed by atoms with Crippen molar-refractivity contribution in [3.8, 4) is 0 Å². The van der Waals surface area contributed by atoms with E-state index < -0.39 is 5.60 Å². The van der Waals surface area contributed by atoms with Crippen LogP contribution in [0.2, 0.25) is 0 Å². The summed E-state index contributed by atoms with van der Waals surface area (Å²) in [5.41, 5.74) is 5.47. The molecule has 2 aromatic carbocycles. The molecule has 0 fully saturated rings. The van der Waals surface area contributed by atoms with E-state index in [2.05, 4.69) is 80.0 Å². The van der Waals surface area contributed by atoms with Gasteiger partial charge in [0.15, 0.2) is 0 Å². The van der Waals surface area contributed by atoms with Gasteiger partial charge in [0.2, 0.25) is 5.60 Å². The molecule has 1 atom stereocenters. The zero-order valence-electron chi connectivity index (χ0n) is 21.1. The van der Waals surface area contributed by atoms with Gasteiger partial charge in [0.05, 0.1) is 5.56 Å². The number of carbonyl (C=O) groups is 1. The maximum atomic E-state index is 13.1. The van der Waals surface area contributed by atoms with E-state index in [4.69, 9.17) is 9.72 Å². The highest BCUT2D eigenvalue weighted by atomic mass is 16.6. The van der Waals surface area contributed by atoms with Crippen molar-refractivity contribution >= 4 is 17.3 Å². The first kappa shape index (κ1) is 23.8. The SMILES string of the molecule is CCN(CC)c1ccc(C2(c3ccc(N(C)C)cc3)OC(=O)c3cccnc32)c(CC(C)C)c1. The molecule has 1 aliphatic heterocycles. The number of esters is 1. The van der Waals surface area contributed by atoms with Gasteiger partial charge in [0.1, 0.15) is 5.69 Å². The Labute approximate surface area is 203 Å². The van der Waals surface area contributed by atoms with Crippen molar-refractivity contribution in [2.45, 2.75) is 39.7 Å². The van der Waals surface area contributed by atoms with E-state index in [0.29, 0.717) is 17.2 Å². The van der Waals surface area contributed by atoms with Crippen LogP contribution in [0.3, 0.4) is 0 Å². The molecule has 4 rings (SSSR count). The van der Waals surface area contributed by atoms with Gasteiger partial charge in [-0.15, -0.1) is 0 Å². The molecule has 34 heavy (non-hydrogen) atoms. The van der Waals surface area contributed by atoms with Crippen LogP contribution in [0.1, 0.15) is 60.4 Å². The summed E-state index contributed by atoms with van der Waals surface area (Å²) < 4.78 is 6.34. The molecular weight excluding hydrogens is 422 g/mol. The predicted octanol–water partition coefficient (Wildman–Crippen LogP) is 5.65. The van der Waals surface area contributed by atoms with E-state index in [-0.39, 0.29) is 5.97 Å². The highest BCUT2D eigenvalue weighted by Crippen LogP contribution is 2.48. The van der Waals surface area contributed by atoms with Gasteiger partial charge in [0, 0.05) is 55.9 Å². The van der Waals surface area contributed by atoms with Crippen LogP contribution >= 0.6 is 0 Å². The molecule has 3 aromatic rings. The first-order valence-corrected chi connectivity index (χ1v) is 12.2. The van der Waals surface area contributed by atoms with Gasteiger partial charge < -0.3 is 14.5 Å². The second kappa shape index (κ2) is 9.49. The number of pyridine rings is 1. The van der Waals surface area contributed by atoms with Crippen molar-refractivity contribution in [3.63, 3.8) is 0 Å². The van der Waals surface area contributed by atoms with Gasteiger partial charge in [-0.05, 0) is 68.1 Å². The van der Waals surface area contributed by atoms with Crippen LogP contribution < -0.4 is 9.80 Å². The molecule has 178 valence electrons. The molecule has 0 bridgehead atoms. The summed E-state index contributed by atoms with van der Waals surface area (Å²) in [4.78, 5) is 22.3. The van der Waals surface area contributed by atoms with E-state index in [1.165, 1.54) is 11.3 Å². The van der Waals surface area contributed by atoms with Gasteiger partial charge >= 0.3 is 5.97 Å². The highest BCUT2D eigenvalue weighted by molar-refractivity contribution is 5.95. The first-order chi connectivity index (χ1) is 16.3. The van der Waals surface area contributed by atoms with E-state index >= 15 is 0 Å². The molecule has 2 heterocycles. The maximum absolute atomic E-state index is 13.1. The molecule has 0 spiro atoms. The Morgan fingerprint density at radius 2 is 1.65 bits per heavy atom. The lowest BCUT2D eigenvalue weighted by atomic mass is 9.79. The number of carbonyl (C=O) groups excluding carboxylic acids is 1. The monoisotopic (exact) mass is 457 g/mol. The van der Waals surface area contributed by atoms with Crippen LogP contribution in [0, 0.1) is 5.92 Å². The molecule has 1 aliphatic rings. The number of anilines is 2. The summed E-state index contributed by atoms with van der Waals surface area (Å²) >= 11 is 0. The third-order valence-corrected chi connectivity index (χ3v) is 6.62. The zero-order valence-corrected chi connectivity index (χ0v) is 21.1. The molecule has 0 amide bonds. The predicted molar refractivity (Wildman–Crippen MR) is 139 cm³/mol. The number of nitrogens with zero attached hydrogens (tertiary/aromatic N) is 3. The Kier molecular flexibility index (Phi) is 6.65. The van der Waals surface area contributed by atoms with Crippen LogP contribution in [0.5, 0.6) is 0 Å². The van der Waals surface area contributed by atoms with E-state index in [1.807, 2.05) is 20.2 Å². The van der Waals surface area contributed by atoms with Crippen LogP contribution in [-0.4, -0.2) is 38.1 Å². The molecule has 1 unspecified atom stereocenters. The van der Waals surface area contributed by atoms with Crippen molar-refractivity contribution in [3.05, 3.63) is 88.7 Å². The summed E-state index contributed by atoms with van der Waals surface area (Å²) in [5.74, 6) is 0.113. The number of cyclic esters (lactones) is 1. The van der Waals surface area contributed by atoms with E-state index in [0.717, 1.165) is 36.3 Å². The quantitative estimate of drug-likeness (QED) is 0.409. The van der Waals surface area contributed by atoms with Crippen molar-refractivity contribution in [2.75, 3.05) is 37.0 Å². The number of fused-ring (bicyclic) bond motifs is 1. The molecule has 1 aromatic heterocycles. The van der Waals surface area contributed by atoms with Gasteiger partial charge in [-0.25, -0.2) is 4.79 Å². The highest BCUT2D eigenvalue weighted by Gasteiger charge is 2.51. The Morgan fingerprint density at radius 1 is 0.971 bits per heavy atom. The van der Waals surface area contributed by atoms with Gasteiger partial charge in [-0.3, -0.25) is 4.98 Å². The second-order valence-corrected chi connectivity index (χ2v) is 9.52. The number of aromatic nitrogens is 1. The average Bonchev–Trinajstić information content (AvgIpc) is 3.13. The van der Waals surface area contributed by atoms with Crippen LogP contribution in [-0.2, 0) is 16.8 Å². The van der Waals surface area contributed by atoms with Gasteiger partial charge in [-0.2, -0.15) is 0 Å². The Morgan fingerprint density at radius 3 is 2.26 bits per heavy atom. The van der Waals surface area contributed by atoms with E-state index in [9.17, 15) is 4.79 Å². The lowest BCUT2D eigenvalue weighted by Crippen LogP contribution is -2.32. The number of hydrogen-bond donors (Lipinski definition) is 0. The second-order valence-electron chi connectivity index (χ2n) is 9.52. The van der Waals surface area contributed by atoms with Gasteiger partial charge in [-0.1, -0.05) is 32.0 Å². The summed E-state index contributed by atoms with van der Waals surface area (Å²) in [6.45, 7) is 10.7. The zero-order chi connectivity index (χ0) is 24.5. The third-order valence-electron chi connectivity index (χ3n) is 6.62. The fraction of sp³-hybridized carbons (Fsp3) is 0.379. The van der Waals surface area contributed by atoms with E-state index in [1.54, 1.807) is 12.3 Å². The molecule has 5 heteroatoms. The van der Waals surface area contributed by atoms with Crippen LogP contribution in [0.4, 0.5) is 11.4 Å². The molecule has 0 radical (unpaired) electrons. The molecule has 0 N–H and O–H groups in total. The molecule has 5 nitrogen and oxygen atoms in total. The average molecular weight is 458 g/mol. The molecular formula is C29H35N3O2. The smallest absolute Gasteiger partial charge is 0.341 e. The summed E-state index contributed by atoms with van der Waals surface area (Å²) in [6, 6.07) is 18.4. The number of benzene rings is 2. The number of rotatable bonds is 8. The minimum absolute atomic E-state index is 0.330. The van der Waals surface area contributed by atoms with Crippen molar-refractivity contribution < 1.29 is 9.53 Å². The Balaban J connectivity index is 2.00. The minimum Gasteiger partial charge on any atom is -0.439 e.